The number of carbonyl (C=O) groups is 1. The van der Waals surface area contributed by atoms with Crippen molar-refractivity contribution in [3.05, 3.63) is 125 Å². The van der Waals surface area contributed by atoms with Crippen LogP contribution >= 0.6 is 0 Å². The molecule has 41 heavy (non-hydrogen) atoms. The third-order valence-electron chi connectivity index (χ3n) is 6.45. The predicted octanol–water partition coefficient (Wildman–Crippen LogP) is 6.30. The minimum absolute atomic E-state index is 0.0419. The van der Waals surface area contributed by atoms with E-state index in [2.05, 4.69) is 10.6 Å². The Kier molecular flexibility index (Phi) is 9.86. The van der Waals surface area contributed by atoms with Crippen LogP contribution in [0.25, 0.3) is 11.1 Å². The van der Waals surface area contributed by atoms with E-state index in [0.717, 1.165) is 28.5 Å². The lowest BCUT2D eigenvalue weighted by Gasteiger charge is -2.25. The summed E-state index contributed by atoms with van der Waals surface area (Å²) in [7, 11) is 0. The quantitative estimate of drug-likeness (QED) is 0.202. The van der Waals surface area contributed by atoms with Crippen LogP contribution in [0.3, 0.4) is 0 Å². The summed E-state index contributed by atoms with van der Waals surface area (Å²) in [6.07, 6.45) is -1.01. The standard InChI is InChI=1S/C34H36F2N2O3/c1-34(2,3)41-29-14-15-30(24-10-6-4-7-11-24)26(19-29)21-37-22-32(39)31(18-23-16-27(35)20-28(36)17-23)38-33(40)25-12-8-5-9-13-25/h4-17,19-20,31-32,37,39H,18,21-22H2,1-3H3,(H,38,40)/t31-,32-/m1/s1. The molecule has 4 aromatic rings. The van der Waals surface area contributed by atoms with Gasteiger partial charge in [-0.2, -0.15) is 0 Å². The first kappa shape index (κ1) is 29.9. The lowest BCUT2D eigenvalue weighted by molar-refractivity contribution is 0.0829. The predicted molar refractivity (Wildman–Crippen MR) is 158 cm³/mol. The molecule has 0 aliphatic rings. The molecule has 1 amide bonds. The number of hydrogen-bond acceptors (Lipinski definition) is 4. The van der Waals surface area contributed by atoms with Crippen molar-refractivity contribution < 1.29 is 23.4 Å². The fraction of sp³-hybridized carbons (Fsp3) is 0.265. The zero-order chi connectivity index (χ0) is 29.4. The highest BCUT2D eigenvalue weighted by Crippen LogP contribution is 2.29. The Hall–Kier alpha value is -4.07. The van der Waals surface area contributed by atoms with Gasteiger partial charge in [-0.05, 0) is 85.8 Å². The third kappa shape index (κ3) is 8.96. The van der Waals surface area contributed by atoms with E-state index in [9.17, 15) is 18.7 Å². The maximum atomic E-state index is 13.9. The second-order valence-electron chi connectivity index (χ2n) is 11.0. The maximum Gasteiger partial charge on any atom is 0.251 e. The summed E-state index contributed by atoms with van der Waals surface area (Å²) in [5.41, 5.74) is 3.44. The van der Waals surface area contributed by atoms with Crippen LogP contribution in [0.4, 0.5) is 8.78 Å². The molecule has 2 atom stereocenters. The van der Waals surface area contributed by atoms with E-state index in [4.69, 9.17) is 4.74 Å². The Labute approximate surface area is 240 Å². The van der Waals surface area contributed by atoms with Gasteiger partial charge in [0, 0.05) is 24.7 Å². The summed E-state index contributed by atoms with van der Waals surface area (Å²) < 4.78 is 33.9. The second kappa shape index (κ2) is 13.5. The summed E-state index contributed by atoms with van der Waals surface area (Å²) in [6, 6.07) is 26.9. The summed E-state index contributed by atoms with van der Waals surface area (Å²) in [5, 5.41) is 17.3. The van der Waals surface area contributed by atoms with Gasteiger partial charge >= 0.3 is 0 Å². The van der Waals surface area contributed by atoms with Gasteiger partial charge in [0.1, 0.15) is 23.0 Å². The largest absolute Gasteiger partial charge is 0.488 e. The van der Waals surface area contributed by atoms with E-state index in [-0.39, 0.29) is 24.5 Å². The Morgan fingerprint density at radius 3 is 2.15 bits per heavy atom. The van der Waals surface area contributed by atoms with Gasteiger partial charge in [-0.3, -0.25) is 4.79 Å². The van der Waals surface area contributed by atoms with Gasteiger partial charge in [0.2, 0.25) is 0 Å². The second-order valence-corrected chi connectivity index (χ2v) is 11.0. The molecule has 0 saturated carbocycles. The van der Waals surface area contributed by atoms with E-state index in [1.54, 1.807) is 30.3 Å². The van der Waals surface area contributed by atoms with Gasteiger partial charge in [-0.25, -0.2) is 8.78 Å². The van der Waals surface area contributed by atoms with Gasteiger partial charge in [-0.15, -0.1) is 0 Å². The van der Waals surface area contributed by atoms with Crippen LogP contribution in [0.5, 0.6) is 5.75 Å². The molecule has 0 aliphatic carbocycles. The van der Waals surface area contributed by atoms with Crippen LogP contribution in [0.15, 0.2) is 97.1 Å². The highest BCUT2D eigenvalue weighted by Gasteiger charge is 2.23. The Bertz CT molecular complexity index is 1420. The fourth-order valence-electron chi connectivity index (χ4n) is 4.64. The van der Waals surface area contributed by atoms with Crippen LogP contribution in [-0.2, 0) is 13.0 Å². The Morgan fingerprint density at radius 1 is 0.878 bits per heavy atom. The first-order valence-electron chi connectivity index (χ1n) is 13.6. The average Bonchev–Trinajstić information content (AvgIpc) is 2.92. The summed E-state index contributed by atoms with van der Waals surface area (Å²) >= 11 is 0. The molecule has 214 valence electrons. The minimum atomic E-state index is -1.05. The number of ether oxygens (including phenoxy) is 1. The monoisotopic (exact) mass is 558 g/mol. The maximum absolute atomic E-state index is 13.9. The number of hydrogen-bond donors (Lipinski definition) is 3. The van der Waals surface area contributed by atoms with E-state index in [1.165, 1.54) is 12.1 Å². The van der Waals surface area contributed by atoms with Crippen LogP contribution in [0.1, 0.15) is 42.3 Å². The van der Waals surface area contributed by atoms with E-state index >= 15 is 0 Å². The number of carbonyl (C=O) groups excluding carboxylic acids is 1. The molecule has 0 fully saturated rings. The van der Waals surface area contributed by atoms with Crippen molar-refractivity contribution in [3.8, 4) is 16.9 Å². The molecule has 4 rings (SSSR count). The molecule has 0 spiro atoms. The highest BCUT2D eigenvalue weighted by molar-refractivity contribution is 5.94. The topological polar surface area (TPSA) is 70.6 Å². The zero-order valence-corrected chi connectivity index (χ0v) is 23.5. The van der Waals surface area contributed by atoms with Gasteiger partial charge in [0.15, 0.2) is 0 Å². The molecule has 7 heteroatoms. The molecule has 0 radical (unpaired) electrons. The minimum Gasteiger partial charge on any atom is -0.488 e. The van der Waals surface area contributed by atoms with E-state index in [0.29, 0.717) is 17.7 Å². The SMILES string of the molecule is CC(C)(C)Oc1ccc(-c2ccccc2)c(CNC[C@@H](O)[C@@H](Cc2cc(F)cc(F)c2)NC(=O)c2ccccc2)c1. The summed E-state index contributed by atoms with van der Waals surface area (Å²) in [6.45, 7) is 6.49. The Balaban J connectivity index is 1.52. The first-order valence-corrected chi connectivity index (χ1v) is 13.6. The molecular weight excluding hydrogens is 522 g/mol. The number of rotatable bonds is 11. The lowest BCUT2D eigenvalue weighted by Crippen LogP contribution is -2.48. The number of amides is 1. The van der Waals surface area contributed by atoms with Crippen molar-refractivity contribution in [2.75, 3.05) is 6.54 Å². The van der Waals surface area contributed by atoms with Gasteiger partial charge in [0.25, 0.3) is 5.91 Å². The highest BCUT2D eigenvalue weighted by atomic mass is 19.1. The van der Waals surface area contributed by atoms with Crippen molar-refractivity contribution in [1.29, 1.82) is 0 Å². The molecule has 0 bridgehead atoms. The Morgan fingerprint density at radius 2 is 1.51 bits per heavy atom. The first-order chi connectivity index (χ1) is 19.6. The molecule has 5 nitrogen and oxygen atoms in total. The third-order valence-corrected chi connectivity index (χ3v) is 6.45. The molecule has 0 aliphatic heterocycles. The van der Waals surface area contributed by atoms with Gasteiger partial charge in [0.05, 0.1) is 12.1 Å². The van der Waals surface area contributed by atoms with Gasteiger partial charge < -0.3 is 20.5 Å². The summed E-state index contributed by atoms with van der Waals surface area (Å²) in [4.78, 5) is 12.9. The van der Waals surface area contributed by atoms with Crippen molar-refractivity contribution in [2.24, 2.45) is 0 Å². The smallest absolute Gasteiger partial charge is 0.251 e. The molecular formula is C34H36F2N2O3. The van der Waals surface area contributed by atoms with Crippen molar-refractivity contribution in [2.45, 2.75) is 51.5 Å². The lowest BCUT2D eigenvalue weighted by atomic mass is 9.98. The number of aliphatic hydroxyl groups excluding tert-OH is 1. The van der Waals surface area contributed by atoms with E-state index in [1.807, 2.05) is 69.3 Å². The van der Waals surface area contributed by atoms with Crippen LogP contribution in [0, 0.1) is 11.6 Å². The number of aliphatic hydroxyl groups is 1. The average molecular weight is 559 g/mol. The van der Waals surface area contributed by atoms with Crippen molar-refractivity contribution in [1.82, 2.24) is 10.6 Å². The van der Waals surface area contributed by atoms with E-state index < -0.39 is 23.8 Å². The van der Waals surface area contributed by atoms with Crippen LogP contribution < -0.4 is 15.4 Å². The summed E-state index contributed by atoms with van der Waals surface area (Å²) in [5.74, 6) is -1.08. The van der Waals surface area contributed by atoms with Crippen molar-refractivity contribution >= 4 is 5.91 Å². The van der Waals surface area contributed by atoms with Crippen LogP contribution in [0.2, 0.25) is 0 Å². The number of benzene rings is 4. The number of nitrogens with one attached hydrogen (secondary N) is 2. The zero-order valence-electron chi connectivity index (χ0n) is 23.5. The van der Waals surface area contributed by atoms with Crippen molar-refractivity contribution in [3.63, 3.8) is 0 Å². The molecule has 0 unspecified atom stereocenters. The van der Waals surface area contributed by atoms with Gasteiger partial charge in [-0.1, -0.05) is 54.6 Å². The number of halogens is 2. The molecule has 0 aromatic heterocycles. The molecule has 3 N–H and O–H groups in total. The normalized spacial score (nSPS) is 12.9. The molecule has 0 heterocycles. The molecule has 4 aromatic carbocycles. The van der Waals surface area contributed by atoms with Crippen LogP contribution in [-0.4, -0.2) is 35.3 Å². The molecule has 0 saturated heterocycles. The fourth-order valence-corrected chi connectivity index (χ4v) is 4.64.